The van der Waals surface area contributed by atoms with E-state index >= 15 is 0 Å². The molecule has 0 saturated carbocycles. The monoisotopic (exact) mass is 259 g/mol. The van der Waals surface area contributed by atoms with E-state index in [4.69, 9.17) is 23.2 Å². The molecule has 16 heavy (non-hydrogen) atoms. The standard InChI is InChI=1S/C12H15Cl2NO/c1-8-6-10(4-5-11(8)14)12(16)15(3)7-9(2)13/h4-6,9H,7H2,1-3H3. The van der Waals surface area contributed by atoms with Crippen molar-refractivity contribution in [1.29, 1.82) is 0 Å². The molecule has 0 fully saturated rings. The molecule has 0 radical (unpaired) electrons. The van der Waals surface area contributed by atoms with E-state index in [1.807, 2.05) is 13.8 Å². The second-order valence-electron chi connectivity index (χ2n) is 3.93. The van der Waals surface area contributed by atoms with Gasteiger partial charge in [0.15, 0.2) is 0 Å². The summed E-state index contributed by atoms with van der Waals surface area (Å²) in [6.07, 6.45) is 0. The Kier molecular flexibility index (Phi) is 4.63. The fourth-order valence-electron chi connectivity index (χ4n) is 1.46. The molecule has 1 rings (SSSR count). The molecule has 2 nitrogen and oxygen atoms in total. The van der Waals surface area contributed by atoms with Crippen LogP contribution in [0.1, 0.15) is 22.8 Å². The number of hydrogen-bond acceptors (Lipinski definition) is 1. The van der Waals surface area contributed by atoms with Crippen molar-refractivity contribution in [3.63, 3.8) is 0 Å². The zero-order chi connectivity index (χ0) is 12.3. The molecule has 1 unspecified atom stereocenters. The van der Waals surface area contributed by atoms with Gasteiger partial charge in [-0.15, -0.1) is 11.6 Å². The highest BCUT2D eigenvalue weighted by Crippen LogP contribution is 2.17. The maximum absolute atomic E-state index is 12.0. The van der Waals surface area contributed by atoms with Crippen molar-refractivity contribution in [2.75, 3.05) is 13.6 Å². The van der Waals surface area contributed by atoms with E-state index in [0.29, 0.717) is 17.1 Å². The van der Waals surface area contributed by atoms with Crippen molar-refractivity contribution in [3.05, 3.63) is 34.3 Å². The molecule has 0 aliphatic heterocycles. The van der Waals surface area contributed by atoms with Crippen LogP contribution in [-0.2, 0) is 0 Å². The number of carbonyl (C=O) groups is 1. The van der Waals surface area contributed by atoms with Gasteiger partial charge >= 0.3 is 0 Å². The molecule has 0 saturated heterocycles. The van der Waals surface area contributed by atoms with Crippen molar-refractivity contribution in [3.8, 4) is 0 Å². The van der Waals surface area contributed by atoms with Gasteiger partial charge in [-0.3, -0.25) is 4.79 Å². The largest absolute Gasteiger partial charge is 0.340 e. The number of alkyl halides is 1. The average Bonchev–Trinajstić information content (AvgIpc) is 2.20. The Morgan fingerprint density at radius 3 is 2.62 bits per heavy atom. The maximum Gasteiger partial charge on any atom is 0.253 e. The first-order valence-electron chi connectivity index (χ1n) is 5.07. The highest BCUT2D eigenvalue weighted by atomic mass is 35.5. The van der Waals surface area contributed by atoms with E-state index in [-0.39, 0.29) is 11.3 Å². The molecule has 1 amide bonds. The fourth-order valence-corrected chi connectivity index (χ4v) is 1.78. The molecule has 0 aliphatic carbocycles. The van der Waals surface area contributed by atoms with Gasteiger partial charge in [0.2, 0.25) is 0 Å². The van der Waals surface area contributed by atoms with E-state index in [1.54, 1.807) is 30.1 Å². The van der Waals surface area contributed by atoms with Gasteiger partial charge in [-0.2, -0.15) is 0 Å². The smallest absolute Gasteiger partial charge is 0.253 e. The SMILES string of the molecule is Cc1cc(C(=O)N(C)CC(C)Cl)ccc1Cl. The average molecular weight is 260 g/mol. The summed E-state index contributed by atoms with van der Waals surface area (Å²) >= 11 is 11.7. The number of benzene rings is 1. The molecule has 0 aliphatic rings. The summed E-state index contributed by atoms with van der Waals surface area (Å²) in [5, 5.41) is 0.618. The summed E-state index contributed by atoms with van der Waals surface area (Å²) in [6, 6.07) is 5.26. The van der Waals surface area contributed by atoms with Crippen LogP contribution in [0.4, 0.5) is 0 Å². The van der Waals surface area contributed by atoms with Gasteiger partial charge in [0.25, 0.3) is 5.91 Å². The highest BCUT2D eigenvalue weighted by Gasteiger charge is 2.13. The second kappa shape index (κ2) is 5.55. The molecule has 4 heteroatoms. The summed E-state index contributed by atoms with van der Waals surface area (Å²) in [4.78, 5) is 13.6. The third kappa shape index (κ3) is 3.39. The second-order valence-corrected chi connectivity index (χ2v) is 5.08. The normalized spacial score (nSPS) is 12.3. The Balaban J connectivity index is 2.84. The lowest BCUT2D eigenvalue weighted by Crippen LogP contribution is -2.31. The number of rotatable bonds is 3. The van der Waals surface area contributed by atoms with E-state index < -0.39 is 0 Å². The van der Waals surface area contributed by atoms with Crippen molar-refractivity contribution < 1.29 is 4.79 Å². The summed E-state index contributed by atoms with van der Waals surface area (Å²) in [5.41, 5.74) is 1.54. The summed E-state index contributed by atoms with van der Waals surface area (Å²) in [5.74, 6) is -0.0349. The van der Waals surface area contributed by atoms with E-state index in [0.717, 1.165) is 5.56 Å². The lowest BCUT2D eigenvalue weighted by Gasteiger charge is -2.18. The maximum atomic E-state index is 12.0. The van der Waals surface area contributed by atoms with Gasteiger partial charge in [-0.05, 0) is 37.6 Å². The number of halogens is 2. The Morgan fingerprint density at radius 1 is 1.50 bits per heavy atom. The van der Waals surface area contributed by atoms with Crippen molar-refractivity contribution in [2.24, 2.45) is 0 Å². The van der Waals surface area contributed by atoms with Gasteiger partial charge in [0.05, 0.1) is 0 Å². The van der Waals surface area contributed by atoms with Crippen LogP contribution in [0.3, 0.4) is 0 Å². The zero-order valence-electron chi connectivity index (χ0n) is 9.63. The Hall–Kier alpha value is -0.730. The van der Waals surface area contributed by atoms with Crippen LogP contribution in [0.2, 0.25) is 5.02 Å². The van der Waals surface area contributed by atoms with Crippen LogP contribution in [0.5, 0.6) is 0 Å². The lowest BCUT2D eigenvalue weighted by atomic mass is 10.1. The Morgan fingerprint density at radius 2 is 2.12 bits per heavy atom. The first-order chi connectivity index (χ1) is 7.41. The van der Waals surface area contributed by atoms with Crippen LogP contribution in [0.25, 0.3) is 0 Å². The minimum absolute atomic E-state index is 0.0349. The molecular formula is C12H15Cl2NO. The third-order valence-electron chi connectivity index (χ3n) is 2.28. The summed E-state index contributed by atoms with van der Waals surface area (Å²) < 4.78 is 0. The van der Waals surface area contributed by atoms with Crippen molar-refractivity contribution >= 4 is 29.1 Å². The molecule has 0 N–H and O–H groups in total. The predicted molar refractivity (Wildman–Crippen MR) is 68.5 cm³/mol. The van der Waals surface area contributed by atoms with Gasteiger partial charge in [0.1, 0.15) is 0 Å². The molecule has 0 aromatic heterocycles. The van der Waals surface area contributed by atoms with E-state index in [1.165, 1.54) is 0 Å². The third-order valence-corrected chi connectivity index (χ3v) is 2.84. The Labute approximate surface area is 106 Å². The molecule has 88 valence electrons. The minimum Gasteiger partial charge on any atom is -0.340 e. The quantitative estimate of drug-likeness (QED) is 0.763. The van der Waals surface area contributed by atoms with Crippen LogP contribution >= 0.6 is 23.2 Å². The van der Waals surface area contributed by atoms with Gasteiger partial charge < -0.3 is 4.90 Å². The van der Waals surface area contributed by atoms with Crippen molar-refractivity contribution in [2.45, 2.75) is 19.2 Å². The first kappa shape index (κ1) is 13.3. The lowest BCUT2D eigenvalue weighted by molar-refractivity contribution is 0.0796. The van der Waals surface area contributed by atoms with E-state index in [2.05, 4.69) is 0 Å². The van der Waals surface area contributed by atoms with Gasteiger partial charge in [0, 0.05) is 29.6 Å². The number of nitrogens with zero attached hydrogens (tertiary/aromatic N) is 1. The number of amides is 1. The molecule has 1 atom stereocenters. The molecule has 1 aromatic carbocycles. The molecule has 0 heterocycles. The van der Waals surface area contributed by atoms with Crippen LogP contribution in [0, 0.1) is 6.92 Å². The molecule has 0 bridgehead atoms. The molecule has 1 aromatic rings. The number of aryl methyl sites for hydroxylation is 1. The summed E-state index contributed by atoms with van der Waals surface area (Å²) in [7, 11) is 1.74. The summed E-state index contributed by atoms with van der Waals surface area (Å²) in [6.45, 7) is 4.27. The molecule has 0 spiro atoms. The Bertz CT molecular complexity index is 391. The van der Waals surface area contributed by atoms with Crippen molar-refractivity contribution in [1.82, 2.24) is 4.90 Å². The molecular weight excluding hydrogens is 245 g/mol. The number of carbonyl (C=O) groups excluding carboxylic acids is 1. The predicted octanol–water partition coefficient (Wildman–Crippen LogP) is 3.35. The topological polar surface area (TPSA) is 20.3 Å². The van der Waals surface area contributed by atoms with E-state index in [9.17, 15) is 4.79 Å². The van der Waals surface area contributed by atoms with Gasteiger partial charge in [-0.25, -0.2) is 0 Å². The van der Waals surface area contributed by atoms with Gasteiger partial charge in [-0.1, -0.05) is 11.6 Å². The van der Waals surface area contributed by atoms with Crippen LogP contribution in [0.15, 0.2) is 18.2 Å². The van der Waals surface area contributed by atoms with Crippen LogP contribution < -0.4 is 0 Å². The number of hydrogen-bond donors (Lipinski definition) is 0. The fraction of sp³-hybridized carbons (Fsp3) is 0.417. The minimum atomic E-state index is -0.0534. The van der Waals surface area contributed by atoms with Crippen LogP contribution in [-0.4, -0.2) is 29.8 Å². The first-order valence-corrected chi connectivity index (χ1v) is 5.89. The zero-order valence-corrected chi connectivity index (χ0v) is 11.1. The highest BCUT2D eigenvalue weighted by molar-refractivity contribution is 6.31.